The first kappa shape index (κ1) is 23.0. The molecule has 0 atom stereocenters. The molecule has 0 aromatic heterocycles. The van der Waals surface area contributed by atoms with Crippen molar-refractivity contribution >= 4 is 51.3 Å². The molecule has 0 N–H and O–H groups in total. The van der Waals surface area contributed by atoms with Crippen LogP contribution in [0.1, 0.15) is 41.6 Å². The minimum Gasteiger partial charge on any atom is -0.494 e. The van der Waals surface area contributed by atoms with Gasteiger partial charge in [0.25, 0.3) is 0 Å². The first-order valence-electron chi connectivity index (χ1n) is 9.15. The molecule has 2 aromatic carbocycles. The van der Waals surface area contributed by atoms with Gasteiger partial charge in [-0.2, -0.15) is 0 Å². The first-order chi connectivity index (χ1) is 13.4. The van der Waals surface area contributed by atoms with Gasteiger partial charge in [0.2, 0.25) is 0 Å². The Morgan fingerprint density at radius 2 is 1.50 bits per heavy atom. The molecule has 0 fully saturated rings. The zero-order chi connectivity index (χ0) is 20.2. The maximum absolute atomic E-state index is 12.2. The standard InChI is InChI=1S/C21H23Cl3O3Si/c22-28(23,24)27-17-7-2-1-6-16-26-20-13-11-19(12-14-20)21(25)15-10-18-8-4-3-5-9-18/h3-5,8-15H,1-2,6-7,16-17H2/b15-10+. The Labute approximate surface area is 181 Å². The molecular weight excluding hydrogens is 435 g/mol. The average Bonchev–Trinajstić information content (AvgIpc) is 2.68. The number of rotatable bonds is 12. The zero-order valence-electron chi connectivity index (χ0n) is 15.5. The summed E-state index contributed by atoms with van der Waals surface area (Å²) in [5, 5.41) is 0. The number of carbonyl (C=O) groups excluding carboxylic acids is 1. The maximum Gasteiger partial charge on any atom is 0.493 e. The van der Waals surface area contributed by atoms with Crippen LogP contribution in [0.2, 0.25) is 0 Å². The largest absolute Gasteiger partial charge is 0.494 e. The van der Waals surface area contributed by atoms with Crippen molar-refractivity contribution in [3.8, 4) is 5.75 Å². The number of hydrogen-bond donors (Lipinski definition) is 0. The molecule has 0 bridgehead atoms. The molecule has 0 heterocycles. The second-order valence-corrected chi connectivity index (χ2v) is 13.9. The van der Waals surface area contributed by atoms with E-state index in [4.69, 9.17) is 42.4 Å². The minimum atomic E-state index is -2.95. The summed E-state index contributed by atoms with van der Waals surface area (Å²) in [4.78, 5) is 12.2. The molecule has 150 valence electrons. The zero-order valence-corrected chi connectivity index (χ0v) is 18.7. The fraction of sp³-hybridized carbons (Fsp3) is 0.286. The van der Waals surface area contributed by atoms with Crippen LogP contribution in [0.5, 0.6) is 5.75 Å². The Morgan fingerprint density at radius 1 is 0.857 bits per heavy atom. The number of benzene rings is 2. The highest BCUT2D eigenvalue weighted by Gasteiger charge is 2.26. The highest BCUT2D eigenvalue weighted by Crippen LogP contribution is 2.21. The number of halogens is 3. The Kier molecular flexibility index (Phi) is 10.1. The molecule has 28 heavy (non-hydrogen) atoms. The predicted octanol–water partition coefficient (Wildman–Crippen LogP) is 6.69. The summed E-state index contributed by atoms with van der Waals surface area (Å²) in [5.74, 6) is 0.727. The van der Waals surface area contributed by atoms with Crippen molar-refractivity contribution in [2.45, 2.75) is 25.7 Å². The molecule has 7 heteroatoms. The third kappa shape index (κ3) is 9.76. The Bertz CT molecular complexity index is 744. The van der Waals surface area contributed by atoms with E-state index >= 15 is 0 Å². The Balaban J connectivity index is 1.64. The van der Waals surface area contributed by atoms with Crippen LogP contribution in [0.3, 0.4) is 0 Å². The first-order valence-corrected chi connectivity index (χ1v) is 14.1. The number of hydrogen-bond acceptors (Lipinski definition) is 3. The number of carbonyl (C=O) groups is 1. The van der Waals surface area contributed by atoms with Gasteiger partial charge >= 0.3 is 6.25 Å². The minimum absolute atomic E-state index is 0.0319. The van der Waals surface area contributed by atoms with E-state index in [-0.39, 0.29) is 5.78 Å². The highest BCUT2D eigenvalue weighted by molar-refractivity contribution is 7.62. The van der Waals surface area contributed by atoms with Crippen molar-refractivity contribution in [3.05, 3.63) is 71.8 Å². The Morgan fingerprint density at radius 3 is 2.14 bits per heavy atom. The molecule has 0 saturated carbocycles. The molecule has 2 rings (SSSR count). The molecule has 0 unspecified atom stereocenters. The summed E-state index contributed by atoms with van der Waals surface area (Å²) in [5.41, 5.74) is 1.63. The van der Waals surface area contributed by atoms with Crippen molar-refractivity contribution in [2.24, 2.45) is 0 Å². The lowest BCUT2D eigenvalue weighted by atomic mass is 10.1. The van der Waals surface area contributed by atoms with E-state index in [0.717, 1.165) is 37.0 Å². The lowest BCUT2D eigenvalue weighted by molar-refractivity contribution is 0.104. The summed E-state index contributed by atoms with van der Waals surface area (Å²) in [6, 6.07) is 16.9. The van der Waals surface area contributed by atoms with Gasteiger partial charge < -0.3 is 9.16 Å². The number of ketones is 1. The molecule has 0 radical (unpaired) electrons. The van der Waals surface area contributed by atoms with E-state index in [1.807, 2.05) is 48.5 Å². The van der Waals surface area contributed by atoms with Crippen molar-refractivity contribution in [3.63, 3.8) is 0 Å². The van der Waals surface area contributed by atoms with E-state index < -0.39 is 6.25 Å². The quantitative estimate of drug-likeness (QED) is 0.117. The molecule has 0 aliphatic rings. The van der Waals surface area contributed by atoms with Crippen molar-refractivity contribution in [1.29, 1.82) is 0 Å². The van der Waals surface area contributed by atoms with Gasteiger partial charge in [-0.1, -0.05) is 76.1 Å². The van der Waals surface area contributed by atoms with Gasteiger partial charge in [0, 0.05) is 12.2 Å². The van der Waals surface area contributed by atoms with Crippen LogP contribution in [0.25, 0.3) is 6.08 Å². The van der Waals surface area contributed by atoms with Crippen LogP contribution in [-0.4, -0.2) is 25.2 Å². The summed E-state index contributed by atoms with van der Waals surface area (Å²) in [6.07, 6.45) is 4.27. The predicted molar refractivity (Wildman–Crippen MR) is 119 cm³/mol. The number of allylic oxidation sites excluding steroid dienone is 1. The van der Waals surface area contributed by atoms with Crippen LogP contribution < -0.4 is 4.74 Å². The van der Waals surface area contributed by atoms with Crippen molar-refractivity contribution in [2.75, 3.05) is 13.2 Å². The Hall–Kier alpha value is -1.30. The smallest absolute Gasteiger partial charge is 0.493 e. The van der Waals surface area contributed by atoms with Crippen molar-refractivity contribution < 1.29 is 14.0 Å². The van der Waals surface area contributed by atoms with Gasteiger partial charge in [0.1, 0.15) is 5.75 Å². The van der Waals surface area contributed by atoms with Gasteiger partial charge in [-0.25, -0.2) is 0 Å². The fourth-order valence-corrected chi connectivity index (χ4v) is 3.55. The van der Waals surface area contributed by atoms with Gasteiger partial charge in [-0.05, 0) is 55.2 Å². The van der Waals surface area contributed by atoms with E-state index in [1.54, 1.807) is 18.2 Å². The average molecular weight is 458 g/mol. The van der Waals surface area contributed by atoms with E-state index in [1.165, 1.54) is 0 Å². The molecule has 2 aromatic rings. The van der Waals surface area contributed by atoms with Gasteiger partial charge in [0.15, 0.2) is 5.78 Å². The maximum atomic E-state index is 12.2. The molecule has 0 spiro atoms. The number of unbranched alkanes of at least 4 members (excludes halogenated alkanes) is 3. The normalized spacial score (nSPS) is 11.7. The third-order valence-corrected chi connectivity index (χ3v) is 5.45. The highest BCUT2D eigenvalue weighted by atomic mass is 35.8. The molecule has 0 amide bonds. The second-order valence-electron chi connectivity index (χ2n) is 6.19. The molecule has 0 saturated heterocycles. The summed E-state index contributed by atoms with van der Waals surface area (Å²) in [6.45, 7) is 1.11. The van der Waals surface area contributed by atoms with Crippen LogP contribution in [0, 0.1) is 0 Å². The number of ether oxygens (including phenoxy) is 1. The van der Waals surface area contributed by atoms with Crippen molar-refractivity contribution in [1.82, 2.24) is 0 Å². The van der Waals surface area contributed by atoms with Crippen LogP contribution in [0.15, 0.2) is 60.7 Å². The monoisotopic (exact) mass is 456 g/mol. The van der Waals surface area contributed by atoms with Crippen LogP contribution in [-0.2, 0) is 4.43 Å². The molecule has 0 aliphatic heterocycles. The molecular formula is C21H23Cl3O3Si. The fourth-order valence-electron chi connectivity index (χ4n) is 2.48. The van der Waals surface area contributed by atoms with Gasteiger partial charge in [-0.15, -0.1) is 0 Å². The molecule has 0 aliphatic carbocycles. The third-order valence-electron chi connectivity index (χ3n) is 3.94. The van der Waals surface area contributed by atoms with Crippen LogP contribution in [0.4, 0.5) is 0 Å². The van der Waals surface area contributed by atoms with Gasteiger partial charge in [-0.3, -0.25) is 4.79 Å². The van der Waals surface area contributed by atoms with Crippen LogP contribution >= 0.6 is 33.2 Å². The summed E-state index contributed by atoms with van der Waals surface area (Å²) < 4.78 is 10.9. The second kappa shape index (κ2) is 12.3. The SMILES string of the molecule is O=C(/C=C/c1ccccc1)c1ccc(OCCCCCCO[Si](Cl)(Cl)Cl)cc1. The lowest BCUT2D eigenvalue weighted by Crippen LogP contribution is -2.16. The summed E-state index contributed by atoms with van der Waals surface area (Å²) >= 11 is 16.9. The lowest BCUT2D eigenvalue weighted by Gasteiger charge is -2.09. The van der Waals surface area contributed by atoms with Gasteiger partial charge in [0.05, 0.1) is 6.61 Å². The van der Waals surface area contributed by atoms with E-state index in [0.29, 0.717) is 18.8 Å². The topological polar surface area (TPSA) is 35.5 Å². The summed E-state index contributed by atoms with van der Waals surface area (Å²) in [7, 11) is 0. The van der Waals surface area contributed by atoms with E-state index in [9.17, 15) is 4.79 Å². The molecule has 3 nitrogen and oxygen atoms in total. The van der Waals surface area contributed by atoms with E-state index in [2.05, 4.69) is 0 Å².